The third-order valence-electron chi connectivity index (χ3n) is 5.06. The number of hydrogen-bond acceptors (Lipinski definition) is 6. The summed E-state index contributed by atoms with van der Waals surface area (Å²) in [7, 11) is -0.168. The number of aromatic nitrogens is 3. The Hall–Kier alpha value is -2.56. The van der Waals surface area contributed by atoms with E-state index >= 15 is 0 Å². The third-order valence-corrected chi connectivity index (χ3v) is 8.29. The molecule has 10 heteroatoms. The summed E-state index contributed by atoms with van der Waals surface area (Å²) in [6, 6.07) is 11.0. The molecule has 0 aliphatic carbocycles. The van der Waals surface area contributed by atoms with Crippen molar-refractivity contribution in [1.29, 1.82) is 0 Å². The zero-order valence-electron chi connectivity index (χ0n) is 17.2. The van der Waals surface area contributed by atoms with E-state index in [1.54, 1.807) is 47.5 Å². The van der Waals surface area contributed by atoms with Gasteiger partial charge in [0.2, 0.25) is 5.91 Å². The van der Waals surface area contributed by atoms with Crippen LogP contribution >= 0.6 is 11.3 Å². The highest BCUT2D eigenvalue weighted by Crippen LogP contribution is 2.22. The quantitative estimate of drug-likeness (QED) is 0.503. The number of thiophene rings is 1. The van der Waals surface area contributed by atoms with E-state index in [9.17, 15) is 13.2 Å². The van der Waals surface area contributed by atoms with Crippen LogP contribution in [-0.4, -0.2) is 58.9 Å². The highest BCUT2D eigenvalue weighted by atomic mass is 32.2. The van der Waals surface area contributed by atoms with E-state index < -0.39 is 10.0 Å². The van der Waals surface area contributed by atoms with Crippen molar-refractivity contribution in [2.75, 3.05) is 20.6 Å². The first-order valence-electron chi connectivity index (χ1n) is 9.51. The zero-order chi connectivity index (χ0) is 21.7. The van der Waals surface area contributed by atoms with Crippen LogP contribution < -0.4 is 0 Å². The molecule has 3 aromatic rings. The Labute approximate surface area is 180 Å². The molecule has 160 valence electrons. The summed E-state index contributed by atoms with van der Waals surface area (Å²) in [6.07, 6.45) is 3.85. The molecule has 8 nitrogen and oxygen atoms in total. The first kappa shape index (κ1) is 22.1. The summed E-state index contributed by atoms with van der Waals surface area (Å²) in [6.45, 7) is 2.26. The molecular formula is C20H25N5O3S2. The van der Waals surface area contributed by atoms with E-state index in [1.165, 1.54) is 22.0 Å². The average molecular weight is 448 g/mol. The number of carbonyl (C=O) groups excluding carboxylic acids is 1. The van der Waals surface area contributed by atoms with Gasteiger partial charge in [-0.15, -0.1) is 11.3 Å². The van der Waals surface area contributed by atoms with Crippen molar-refractivity contribution in [3.8, 4) is 5.69 Å². The lowest BCUT2D eigenvalue weighted by atomic mass is 10.1. The molecule has 0 saturated carbocycles. The van der Waals surface area contributed by atoms with Gasteiger partial charge in [-0.2, -0.15) is 5.10 Å². The lowest BCUT2D eigenvalue weighted by Gasteiger charge is -2.26. The fourth-order valence-corrected chi connectivity index (χ4v) is 5.41. The maximum atomic E-state index is 12.6. The number of sulfonamides is 1. The van der Waals surface area contributed by atoms with Gasteiger partial charge in [0.1, 0.15) is 16.9 Å². The van der Waals surface area contributed by atoms with Crippen LogP contribution in [0.2, 0.25) is 0 Å². The second-order valence-electron chi connectivity index (χ2n) is 6.97. The molecule has 1 amide bonds. The summed E-state index contributed by atoms with van der Waals surface area (Å²) < 4.78 is 28.2. The minimum atomic E-state index is -3.48. The van der Waals surface area contributed by atoms with Gasteiger partial charge in [-0.1, -0.05) is 18.2 Å². The van der Waals surface area contributed by atoms with Crippen molar-refractivity contribution in [2.24, 2.45) is 0 Å². The minimum Gasteiger partial charge on any atom is -0.339 e. The lowest BCUT2D eigenvalue weighted by Crippen LogP contribution is -2.31. The molecule has 3 rings (SSSR count). The number of hydrogen-bond donors (Lipinski definition) is 0. The van der Waals surface area contributed by atoms with Crippen molar-refractivity contribution in [3.63, 3.8) is 0 Å². The minimum absolute atomic E-state index is 0.0234. The summed E-state index contributed by atoms with van der Waals surface area (Å²) in [4.78, 5) is 18.2. The van der Waals surface area contributed by atoms with Crippen LogP contribution in [0.5, 0.6) is 0 Å². The molecule has 1 aromatic carbocycles. The predicted molar refractivity (Wildman–Crippen MR) is 116 cm³/mol. The third kappa shape index (κ3) is 4.94. The van der Waals surface area contributed by atoms with Gasteiger partial charge in [-0.25, -0.2) is 22.4 Å². The maximum Gasteiger partial charge on any atom is 0.252 e. The molecule has 1 atom stereocenters. The highest BCUT2D eigenvalue weighted by Gasteiger charge is 2.22. The second-order valence-corrected chi connectivity index (χ2v) is 10.2. The van der Waals surface area contributed by atoms with Crippen LogP contribution in [0.4, 0.5) is 0 Å². The van der Waals surface area contributed by atoms with E-state index in [1.807, 2.05) is 31.2 Å². The van der Waals surface area contributed by atoms with Gasteiger partial charge in [0.25, 0.3) is 10.0 Å². The van der Waals surface area contributed by atoms with Gasteiger partial charge in [0.05, 0.1) is 11.7 Å². The van der Waals surface area contributed by atoms with Crippen LogP contribution in [0, 0.1) is 0 Å². The van der Waals surface area contributed by atoms with Crippen LogP contribution in [0.3, 0.4) is 0 Å². The Kier molecular flexibility index (Phi) is 7.01. The SMILES string of the molecule is CC(c1ccc(-n2cncn2)cc1)N(C)C(=O)CCCN(C)S(=O)(=O)c1cccs1. The Morgan fingerprint density at radius 1 is 1.20 bits per heavy atom. The second kappa shape index (κ2) is 9.50. The number of amides is 1. The molecular weight excluding hydrogens is 422 g/mol. The Balaban J connectivity index is 1.52. The number of nitrogens with zero attached hydrogens (tertiary/aromatic N) is 5. The Bertz CT molecular complexity index is 1050. The van der Waals surface area contributed by atoms with Crippen molar-refractivity contribution < 1.29 is 13.2 Å². The summed E-state index contributed by atoms with van der Waals surface area (Å²) >= 11 is 1.19. The largest absolute Gasteiger partial charge is 0.339 e. The molecule has 2 heterocycles. The van der Waals surface area contributed by atoms with Crippen LogP contribution in [-0.2, 0) is 14.8 Å². The molecule has 0 spiro atoms. The fraction of sp³-hybridized carbons (Fsp3) is 0.350. The lowest BCUT2D eigenvalue weighted by molar-refractivity contribution is -0.131. The van der Waals surface area contributed by atoms with Gasteiger partial charge in [-0.3, -0.25) is 4.79 Å². The molecule has 0 bridgehead atoms. The summed E-state index contributed by atoms with van der Waals surface area (Å²) in [5.41, 5.74) is 1.90. The molecule has 30 heavy (non-hydrogen) atoms. The molecule has 0 N–H and O–H groups in total. The van der Waals surface area contributed by atoms with Gasteiger partial charge in [0, 0.05) is 27.1 Å². The van der Waals surface area contributed by atoms with Crippen molar-refractivity contribution in [1.82, 2.24) is 24.0 Å². The van der Waals surface area contributed by atoms with E-state index in [0.29, 0.717) is 17.2 Å². The van der Waals surface area contributed by atoms with E-state index in [0.717, 1.165) is 11.3 Å². The van der Waals surface area contributed by atoms with E-state index in [4.69, 9.17) is 0 Å². The summed E-state index contributed by atoms with van der Waals surface area (Å²) in [5, 5.41) is 5.84. The van der Waals surface area contributed by atoms with E-state index in [2.05, 4.69) is 10.1 Å². The topological polar surface area (TPSA) is 88.4 Å². The van der Waals surface area contributed by atoms with Gasteiger partial charge >= 0.3 is 0 Å². The van der Waals surface area contributed by atoms with Crippen LogP contribution in [0.15, 0.2) is 58.6 Å². The van der Waals surface area contributed by atoms with Gasteiger partial charge in [0.15, 0.2) is 0 Å². The number of rotatable bonds is 9. The highest BCUT2D eigenvalue weighted by molar-refractivity contribution is 7.91. The predicted octanol–water partition coefficient (Wildman–Crippen LogP) is 2.95. The Morgan fingerprint density at radius 3 is 2.53 bits per heavy atom. The molecule has 0 aliphatic rings. The van der Waals surface area contributed by atoms with Gasteiger partial charge < -0.3 is 4.90 Å². The first-order chi connectivity index (χ1) is 14.3. The maximum absolute atomic E-state index is 12.6. The smallest absolute Gasteiger partial charge is 0.252 e. The number of benzene rings is 1. The molecule has 0 saturated heterocycles. The monoisotopic (exact) mass is 447 g/mol. The van der Waals surface area contributed by atoms with Crippen molar-refractivity contribution in [3.05, 3.63) is 60.0 Å². The van der Waals surface area contributed by atoms with E-state index in [-0.39, 0.29) is 18.4 Å². The Morgan fingerprint density at radius 2 is 1.93 bits per heavy atom. The van der Waals surface area contributed by atoms with Crippen LogP contribution in [0.25, 0.3) is 5.69 Å². The van der Waals surface area contributed by atoms with Crippen molar-refractivity contribution in [2.45, 2.75) is 30.0 Å². The standard InChI is InChI=1S/C20H25N5O3S2/c1-16(17-8-10-18(11-9-17)25-15-21-14-22-25)24(3)19(26)6-4-12-23(2)30(27,28)20-7-5-13-29-20/h5,7-11,13-16H,4,6,12H2,1-3H3. The normalized spacial score (nSPS) is 12.8. The molecule has 0 fully saturated rings. The van der Waals surface area contributed by atoms with Crippen molar-refractivity contribution >= 4 is 27.3 Å². The first-order valence-corrected chi connectivity index (χ1v) is 11.8. The molecule has 1 unspecified atom stereocenters. The molecule has 0 radical (unpaired) electrons. The zero-order valence-corrected chi connectivity index (χ0v) is 18.8. The fourth-order valence-electron chi connectivity index (χ4n) is 3.00. The number of carbonyl (C=O) groups is 1. The average Bonchev–Trinajstić information content (AvgIpc) is 3.47. The van der Waals surface area contributed by atoms with Gasteiger partial charge in [-0.05, 0) is 42.5 Å². The molecule has 2 aromatic heterocycles. The molecule has 0 aliphatic heterocycles. The summed E-state index contributed by atoms with van der Waals surface area (Å²) in [5.74, 6) is -0.0234. The van der Waals surface area contributed by atoms with Crippen LogP contribution in [0.1, 0.15) is 31.4 Å².